The van der Waals surface area contributed by atoms with E-state index >= 15 is 0 Å². The molecule has 0 saturated carbocycles. The number of aromatic nitrogens is 2. The van der Waals surface area contributed by atoms with E-state index in [1.165, 1.54) is 16.0 Å². The van der Waals surface area contributed by atoms with Gasteiger partial charge in [-0.15, -0.1) is 0 Å². The smallest absolute Gasteiger partial charge is 0.139 e. The van der Waals surface area contributed by atoms with Crippen LogP contribution in [0.3, 0.4) is 0 Å². The quantitative estimate of drug-likeness (QED) is 0.902. The van der Waals surface area contributed by atoms with Crippen molar-refractivity contribution in [2.24, 2.45) is 5.92 Å². The van der Waals surface area contributed by atoms with Crippen molar-refractivity contribution in [3.63, 3.8) is 0 Å². The summed E-state index contributed by atoms with van der Waals surface area (Å²) in [4.78, 5) is 0. The van der Waals surface area contributed by atoms with Crippen LogP contribution in [0.25, 0.3) is 0 Å². The van der Waals surface area contributed by atoms with Gasteiger partial charge in [-0.3, -0.25) is 0 Å². The first kappa shape index (κ1) is 13.4. The number of hydrogen-bond donors (Lipinski definition) is 1. The highest BCUT2D eigenvalue weighted by Gasteiger charge is 2.30. The van der Waals surface area contributed by atoms with Gasteiger partial charge in [-0.05, 0) is 41.1 Å². The Labute approximate surface area is 123 Å². The highest BCUT2D eigenvalue weighted by Crippen LogP contribution is 2.40. The lowest BCUT2D eigenvalue weighted by Crippen LogP contribution is -2.27. The molecule has 106 valence electrons. The first-order valence-electron chi connectivity index (χ1n) is 7.28. The Morgan fingerprint density at radius 3 is 2.74 bits per heavy atom. The van der Waals surface area contributed by atoms with Crippen molar-refractivity contribution in [2.45, 2.75) is 45.1 Å². The third kappa shape index (κ3) is 2.42. The lowest BCUT2D eigenvalue weighted by Gasteiger charge is -2.28. The number of hydrogen-bond acceptors (Lipinski definition) is 3. The van der Waals surface area contributed by atoms with Crippen molar-refractivity contribution in [1.29, 1.82) is 0 Å². The molecule has 0 spiro atoms. The van der Waals surface area contributed by atoms with Gasteiger partial charge in [-0.2, -0.15) is 5.10 Å². The van der Waals surface area contributed by atoms with E-state index in [1.54, 1.807) is 0 Å². The first-order chi connectivity index (χ1) is 9.18. The molecule has 3 heterocycles. The summed E-state index contributed by atoms with van der Waals surface area (Å²) in [6.07, 6.45) is 3.33. The molecule has 1 N–H and O–H groups in total. The van der Waals surface area contributed by atoms with Gasteiger partial charge in [0.25, 0.3) is 0 Å². The Balaban J connectivity index is 1.94. The minimum Gasteiger partial charge on any atom is -0.381 e. The zero-order valence-electron chi connectivity index (χ0n) is 11.7. The number of nitrogens with zero attached hydrogens (tertiary/aromatic N) is 2. The summed E-state index contributed by atoms with van der Waals surface area (Å²) in [5, 5.41) is 8.43. The van der Waals surface area contributed by atoms with Crippen LogP contribution in [0.4, 0.5) is 5.82 Å². The standard InChI is InChI=1S/C14H22BrN3O/c1-9(2)11-3-6-16-14-12(15)13(17-18(11)14)10-4-7-19-8-5-10/h9-11,16H,3-8H2,1-2H3. The number of fused-ring (bicyclic) bond motifs is 1. The minimum atomic E-state index is 0.515. The molecule has 0 aromatic carbocycles. The molecule has 5 heteroatoms. The molecule has 1 saturated heterocycles. The van der Waals surface area contributed by atoms with Gasteiger partial charge in [0.15, 0.2) is 0 Å². The van der Waals surface area contributed by atoms with Gasteiger partial charge >= 0.3 is 0 Å². The molecular formula is C14H22BrN3O. The van der Waals surface area contributed by atoms with Crippen LogP contribution in [-0.4, -0.2) is 29.5 Å². The number of rotatable bonds is 2. The van der Waals surface area contributed by atoms with Crippen molar-refractivity contribution in [2.75, 3.05) is 25.1 Å². The molecule has 2 aliphatic rings. The largest absolute Gasteiger partial charge is 0.381 e. The van der Waals surface area contributed by atoms with Gasteiger partial charge in [0.2, 0.25) is 0 Å². The van der Waals surface area contributed by atoms with Gasteiger partial charge in [-0.1, -0.05) is 13.8 Å². The molecular weight excluding hydrogens is 306 g/mol. The van der Waals surface area contributed by atoms with E-state index < -0.39 is 0 Å². The molecule has 0 radical (unpaired) electrons. The second-order valence-electron chi connectivity index (χ2n) is 5.91. The molecule has 1 fully saturated rings. The van der Waals surface area contributed by atoms with Gasteiger partial charge in [0.1, 0.15) is 5.82 Å². The van der Waals surface area contributed by atoms with Gasteiger partial charge in [0.05, 0.1) is 16.2 Å². The van der Waals surface area contributed by atoms with Crippen molar-refractivity contribution in [3.8, 4) is 0 Å². The van der Waals surface area contributed by atoms with E-state index in [-0.39, 0.29) is 0 Å². The molecule has 19 heavy (non-hydrogen) atoms. The van der Waals surface area contributed by atoms with Crippen LogP contribution >= 0.6 is 15.9 Å². The third-order valence-electron chi connectivity index (χ3n) is 4.30. The molecule has 1 unspecified atom stereocenters. The van der Waals surface area contributed by atoms with Crippen molar-refractivity contribution >= 4 is 21.7 Å². The van der Waals surface area contributed by atoms with E-state index in [2.05, 4.69) is 39.8 Å². The van der Waals surface area contributed by atoms with Crippen molar-refractivity contribution in [1.82, 2.24) is 9.78 Å². The summed E-state index contributed by atoms with van der Waals surface area (Å²) in [7, 11) is 0. The minimum absolute atomic E-state index is 0.515. The predicted octanol–water partition coefficient (Wildman–Crippen LogP) is 3.55. The van der Waals surface area contributed by atoms with E-state index in [0.717, 1.165) is 39.0 Å². The molecule has 1 atom stereocenters. The first-order valence-corrected chi connectivity index (χ1v) is 8.07. The lowest BCUT2D eigenvalue weighted by atomic mass is 9.97. The van der Waals surface area contributed by atoms with E-state index in [4.69, 9.17) is 9.84 Å². The number of anilines is 1. The Kier molecular flexibility index (Phi) is 3.85. The average molecular weight is 328 g/mol. The monoisotopic (exact) mass is 327 g/mol. The number of nitrogens with one attached hydrogen (secondary N) is 1. The van der Waals surface area contributed by atoms with Crippen LogP contribution in [-0.2, 0) is 4.74 Å². The fourth-order valence-electron chi connectivity index (χ4n) is 3.14. The molecule has 0 amide bonds. The van der Waals surface area contributed by atoms with E-state index in [9.17, 15) is 0 Å². The Morgan fingerprint density at radius 2 is 2.05 bits per heavy atom. The van der Waals surface area contributed by atoms with Crippen molar-refractivity contribution in [3.05, 3.63) is 10.2 Å². The highest BCUT2D eigenvalue weighted by molar-refractivity contribution is 9.10. The van der Waals surface area contributed by atoms with Crippen LogP contribution in [0.1, 0.15) is 50.8 Å². The molecule has 1 aromatic heterocycles. The van der Waals surface area contributed by atoms with E-state index in [0.29, 0.717) is 17.9 Å². The van der Waals surface area contributed by atoms with E-state index in [1.807, 2.05) is 0 Å². The molecule has 4 nitrogen and oxygen atoms in total. The SMILES string of the molecule is CC(C)C1CCNc2c(Br)c(C3CCOCC3)nn21. The fraction of sp³-hybridized carbons (Fsp3) is 0.786. The number of halogens is 1. The zero-order chi connectivity index (χ0) is 13.4. The van der Waals surface area contributed by atoms with Crippen LogP contribution in [0.15, 0.2) is 4.47 Å². The van der Waals surface area contributed by atoms with Crippen LogP contribution in [0.5, 0.6) is 0 Å². The number of ether oxygens (including phenoxy) is 1. The summed E-state index contributed by atoms with van der Waals surface area (Å²) in [5.41, 5.74) is 1.22. The fourth-order valence-corrected chi connectivity index (χ4v) is 3.86. The Morgan fingerprint density at radius 1 is 1.32 bits per heavy atom. The predicted molar refractivity (Wildman–Crippen MR) is 79.7 cm³/mol. The second kappa shape index (κ2) is 5.44. The summed E-state index contributed by atoms with van der Waals surface area (Å²) in [6, 6.07) is 0.515. The topological polar surface area (TPSA) is 39.1 Å². The maximum Gasteiger partial charge on any atom is 0.139 e. The van der Waals surface area contributed by atoms with Crippen LogP contribution in [0.2, 0.25) is 0 Å². The van der Waals surface area contributed by atoms with Gasteiger partial charge in [-0.25, -0.2) is 4.68 Å². The highest BCUT2D eigenvalue weighted by atomic mass is 79.9. The Bertz CT molecular complexity index is 452. The summed E-state index contributed by atoms with van der Waals surface area (Å²) in [6.45, 7) is 7.33. The van der Waals surface area contributed by atoms with Crippen LogP contribution < -0.4 is 5.32 Å². The normalized spacial score (nSPS) is 24.3. The van der Waals surface area contributed by atoms with Gasteiger partial charge < -0.3 is 10.1 Å². The van der Waals surface area contributed by atoms with Crippen LogP contribution in [0, 0.1) is 5.92 Å². The molecule has 1 aromatic rings. The third-order valence-corrected chi connectivity index (χ3v) is 5.08. The molecule has 2 aliphatic heterocycles. The second-order valence-corrected chi connectivity index (χ2v) is 6.70. The molecule has 0 aliphatic carbocycles. The maximum atomic E-state index is 5.46. The summed E-state index contributed by atoms with van der Waals surface area (Å²) < 4.78 is 8.84. The molecule has 3 rings (SSSR count). The molecule has 0 bridgehead atoms. The summed E-state index contributed by atoms with van der Waals surface area (Å²) in [5.74, 6) is 2.33. The summed E-state index contributed by atoms with van der Waals surface area (Å²) >= 11 is 3.76. The lowest BCUT2D eigenvalue weighted by molar-refractivity contribution is 0.0841. The maximum absolute atomic E-state index is 5.46. The Hall–Kier alpha value is -0.550. The van der Waals surface area contributed by atoms with Gasteiger partial charge in [0, 0.05) is 25.7 Å². The van der Waals surface area contributed by atoms with Crippen molar-refractivity contribution < 1.29 is 4.74 Å². The zero-order valence-corrected chi connectivity index (χ0v) is 13.2. The average Bonchev–Trinajstić information content (AvgIpc) is 2.77.